The summed E-state index contributed by atoms with van der Waals surface area (Å²) < 4.78 is 5.37. The van der Waals surface area contributed by atoms with Crippen molar-refractivity contribution in [2.45, 2.75) is 12.8 Å². The monoisotopic (exact) mass is 355 g/mol. The highest BCUT2D eigenvalue weighted by atomic mass is 16.5. The number of piperidine rings is 1. The Bertz CT molecular complexity index is 765. The second-order valence-corrected chi connectivity index (χ2v) is 6.58. The zero-order valence-electron chi connectivity index (χ0n) is 15.5. The summed E-state index contributed by atoms with van der Waals surface area (Å²) in [5.74, 6) is 2.25. The predicted molar refractivity (Wildman–Crippen MR) is 102 cm³/mol. The molecule has 3 rings (SSSR count). The molecule has 138 valence electrons. The Labute approximate surface area is 154 Å². The molecule has 1 atom stereocenters. The first-order valence-electron chi connectivity index (χ1n) is 8.77. The van der Waals surface area contributed by atoms with Crippen molar-refractivity contribution < 1.29 is 9.53 Å². The lowest BCUT2D eigenvalue weighted by Gasteiger charge is -2.33. The van der Waals surface area contributed by atoms with Crippen molar-refractivity contribution in [1.29, 1.82) is 0 Å². The van der Waals surface area contributed by atoms with Crippen LogP contribution in [0, 0.1) is 5.92 Å². The average Bonchev–Trinajstić information content (AvgIpc) is 2.68. The molecule has 0 radical (unpaired) electrons. The van der Waals surface area contributed by atoms with Crippen molar-refractivity contribution in [3.63, 3.8) is 0 Å². The Morgan fingerprint density at radius 3 is 2.88 bits per heavy atom. The van der Waals surface area contributed by atoms with Gasteiger partial charge in [-0.25, -0.2) is 4.98 Å². The summed E-state index contributed by atoms with van der Waals surface area (Å²) in [5.41, 5.74) is 0.846. The Morgan fingerprint density at radius 2 is 2.12 bits per heavy atom. The van der Waals surface area contributed by atoms with Crippen molar-refractivity contribution in [2.24, 2.45) is 5.92 Å². The van der Waals surface area contributed by atoms with E-state index >= 15 is 0 Å². The van der Waals surface area contributed by atoms with Crippen molar-refractivity contribution in [3.8, 4) is 5.75 Å². The van der Waals surface area contributed by atoms with Crippen LogP contribution in [0.4, 0.5) is 17.5 Å². The number of carbonyl (C=O) groups excluding carboxylic acids is 1. The quantitative estimate of drug-likeness (QED) is 0.889. The van der Waals surface area contributed by atoms with E-state index in [4.69, 9.17) is 4.74 Å². The first-order valence-corrected chi connectivity index (χ1v) is 8.77. The molecule has 7 heteroatoms. The van der Waals surface area contributed by atoms with Crippen LogP contribution in [0.2, 0.25) is 0 Å². The van der Waals surface area contributed by atoms with Crippen molar-refractivity contribution in [2.75, 3.05) is 44.5 Å². The highest BCUT2D eigenvalue weighted by Gasteiger charge is 2.28. The second kappa shape index (κ2) is 8.03. The van der Waals surface area contributed by atoms with E-state index in [1.807, 2.05) is 30.3 Å². The first kappa shape index (κ1) is 18.0. The van der Waals surface area contributed by atoms with Gasteiger partial charge < -0.3 is 19.9 Å². The number of ether oxygens (including phenoxy) is 1. The molecule has 1 unspecified atom stereocenters. The Kier molecular flexibility index (Phi) is 5.55. The molecule has 1 N–H and O–H groups in total. The van der Waals surface area contributed by atoms with E-state index in [-0.39, 0.29) is 11.8 Å². The second-order valence-electron chi connectivity index (χ2n) is 6.58. The van der Waals surface area contributed by atoms with Crippen molar-refractivity contribution in [3.05, 3.63) is 36.5 Å². The zero-order chi connectivity index (χ0) is 18.5. The molecule has 0 aliphatic carbocycles. The SMILES string of the molecule is COc1ccccc1Nc1ccnc(N2CCCC(C(=O)N(C)C)C2)n1. The van der Waals surface area contributed by atoms with Gasteiger partial charge in [-0.15, -0.1) is 0 Å². The van der Waals surface area contributed by atoms with Gasteiger partial charge in [0.05, 0.1) is 18.7 Å². The van der Waals surface area contributed by atoms with Crippen molar-refractivity contribution >= 4 is 23.4 Å². The van der Waals surface area contributed by atoms with Crippen LogP contribution in [0.25, 0.3) is 0 Å². The van der Waals surface area contributed by atoms with E-state index in [1.54, 1.807) is 32.3 Å². The molecule has 2 heterocycles. The van der Waals surface area contributed by atoms with E-state index in [9.17, 15) is 4.79 Å². The van der Waals surface area contributed by atoms with Crippen LogP contribution in [-0.4, -0.2) is 55.1 Å². The maximum Gasteiger partial charge on any atom is 0.227 e. The minimum absolute atomic E-state index is 0.00631. The van der Waals surface area contributed by atoms with E-state index in [0.29, 0.717) is 18.3 Å². The Balaban J connectivity index is 1.75. The largest absolute Gasteiger partial charge is 0.495 e. The van der Waals surface area contributed by atoms with Gasteiger partial charge in [0.2, 0.25) is 11.9 Å². The first-order chi connectivity index (χ1) is 12.6. The summed E-state index contributed by atoms with van der Waals surface area (Å²) in [6, 6.07) is 9.52. The van der Waals surface area contributed by atoms with Crippen LogP contribution >= 0.6 is 0 Å². The standard InChI is InChI=1S/C19H25N5O2/c1-23(2)18(25)14-7-6-12-24(13-14)19-20-11-10-17(22-19)21-15-8-4-5-9-16(15)26-3/h4-5,8-11,14H,6-7,12-13H2,1-3H3,(H,20,21,22). The Hall–Kier alpha value is -2.83. The maximum atomic E-state index is 12.3. The molecular formula is C19H25N5O2. The molecule has 0 saturated carbocycles. The zero-order valence-corrected chi connectivity index (χ0v) is 15.5. The maximum absolute atomic E-state index is 12.3. The summed E-state index contributed by atoms with van der Waals surface area (Å²) in [5, 5.41) is 3.28. The number of methoxy groups -OCH3 is 1. The topological polar surface area (TPSA) is 70.6 Å². The minimum Gasteiger partial charge on any atom is -0.495 e. The van der Waals surface area contributed by atoms with Crippen LogP contribution in [0.5, 0.6) is 5.75 Å². The van der Waals surface area contributed by atoms with E-state index < -0.39 is 0 Å². The molecule has 1 saturated heterocycles. The van der Waals surface area contributed by atoms with Crippen LogP contribution < -0.4 is 15.0 Å². The molecule has 1 aromatic carbocycles. The number of para-hydroxylation sites is 2. The fourth-order valence-corrected chi connectivity index (χ4v) is 3.18. The highest BCUT2D eigenvalue weighted by molar-refractivity contribution is 5.79. The lowest BCUT2D eigenvalue weighted by molar-refractivity contribution is -0.133. The highest BCUT2D eigenvalue weighted by Crippen LogP contribution is 2.27. The third kappa shape index (κ3) is 4.04. The van der Waals surface area contributed by atoms with Crippen LogP contribution in [0.3, 0.4) is 0 Å². The number of benzene rings is 1. The van der Waals surface area contributed by atoms with Crippen LogP contribution in [-0.2, 0) is 4.79 Å². The van der Waals surface area contributed by atoms with Gasteiger partial charge in [-0.05, 0) is 31.0 Å². The van der Waals surface area contributed by atoms with Crippen LogP contribution in [0.1, 0.15) is 12.8 Å². The summed E-state index contributed by atoms with van der Waals surface area (Å²) in [6.07, 6.45) is 3.60. The summed E-state index contributed by atoms with van der Waals surface area (Å²) in [7, 11) is 5.24. The molecule has 0 bridgehead atoms. The van der Waals surface area contributed by atoms with Gasteiger partial charge in [-0.3, -0.25) is 4.79 Å². The van der Waals surface area contributed by atoms with Crippen LogP contribution in [0.15, 0.2) is 36.5 Å². The fourth-order valence-electron chi connectivity index (χ4n) is 3.18. The number of carbonyl (C=O) groups is 1. The number of amides is 1. The number of hydrogen-bond donors (Lipinski definition) is 1. The number of rotatable bonds is 5. The molecule has 0 spiro atoms. The number of nitrogens with zero attached hydrogens (tertiary/aromatic N) is 4. The molecule has 2 aromatic rings. The normalized spacial score (nSPS) is 16.9. The molecule has 1 aromatic heterocycles. The predicted octanol–water partition coefficient (Wildman–Crippen LogP) is 2.53. The molecule has 1 fully saturated rings. The number of hydrogen-bond acceptors (Lipinski definition) is 6. The smallest absolute Gasteiger partial charge is 0.227 e. The molecule has 7 nitrogen and oxygen atoms in total. The minimum atomic E-state index is -0.00631. The van der Waals surface area contributed by atoms with E-state index in [0.717, 1.165) is 30.8 Å². The molecule has 26 heavy (non-hydrogen) atoms. The van der Waals surface area contributed by atoms with Gasteiger partial charge in [0, 0.05) is 33.4 Å². The lowest BCUT2D eigenvalue weighted by atomic mass is 9.97. The summed E-state index contributed by atoms with van der Waals surface area (Å²) in [6.45, 7) is 1.50. The van der Waals surface area contributed by atoms with Gasteiger partial charge in [0.25, 0.3) is 0 Å². The van der Waals surface area contributed by atoms with Gasteiger partial charge >= 0.3 is 0 Å². The van der Waals surface area contributed by atoms with Gasteiger partial charge in [0.1, 0.15) is 11.6 Å². The molecular weight excluding hydrogens is 330 g/mol. The molecule has 1 aliphatic rings. The fraction of sp³-hybridized carbons (Fsp3) is 0.421. The third-order valence-electron chi connectivity index (χ3n) is 4.51. The Morgan fingerprint density at radius 1 is 1.31 bits per heavy atom. The molecule has 1 aliphatic heterocycles. The summed E-state index contributed by atoms with van der Waals surface area (Å²) >= 11 is 0. The molecule has 1 amide bonds. The average molecular weight is 355 g/mol. The van der Waals surface area contributed by atoms with Gasteiger partial charge in [-0.2, -0.15) is 4.98 Å². The van der Waals surface area contributed by atoms with Gasteiger partial charge in [0.15, 0.2) is 0 Å². The van der Waals surface area contributed by atoms with Crippen molar-refractivity contribution in [1.82, 2.24) is 14.9 Å². The third-order valence-corrected chi connectivity index (χ3v) is 4.51. The lowest BCUT2D eigenvalue weighted by Crippen LogP contribution is -2.43. The van der Waals surface area contributed by atoms with Gasteiger partial charge in [-0.1, -0.05) is 12.1 Å². The van der Waals surface area contributed by atoms with E-state index in [2.05, 4.69) is 20.2 Å². The number of anilines is 3. The number of aromatic nitrogens is 2. The summed E-state index contributed by atoms with van der Waals surface area (Å²) in [4.78, 5) is 25.1. The number of nitrogens with one attached hydrogen (secondary N) is 1. The van der Waals surface area contributed by atoms with E-state index in [1.165, 1.54) is 0 Å².